The molecule has 0 bridgehead atoms. The highest BCUT2D eigenvalue weighted by molar-refractivity contribution is 14.0. The van der Waals surface area contributed by atoms with Crippen molar-refractivity contribution in [3.63, 3.8) is 0 Å². The lowest BCUT2D eigenvalue weighted by atomic mass is 10.0. The number of rotatable bonds is 9. The Morgan fingerprint density at radius 1 is 1.17 bits per heavy atom. The van der Waals surface area contributed by atoms with Crippen molar-refractivity contribution in [2.75, 3.05) is 39.9 Å². The molecule has 1 aromatic carbocycles. The Balaban J connectivity index is 0.00000300. The molecular formula is C22H33IN4O2. The van der Waals surface area contributed by atoms with Crippen LogP contribution in [0.3, 0.4) is 0 Å². The lowest BCUT2D eigenvalue weighted by Gasteiger charge is -2.33. The summed E-state index contributed by atoms with van der Waals surface area (Å²) in [7, 11) is 1.70. The van der Waals surface area contributed by atoms with Crippen molar-refractivity contribution in [3.8, 4) is 0 Å². The van der Waals surface area contributed by atoms with Crippen molar-refractivity contribution in [3.05, 3.63) is 60.1 Å². The third-order valence-corrected chi connectivity index (χ3v) is 4.99. The highest BCUT2D eigenvalue weighted by Crippen LogP contribution is 2.13. The molecule has 0 amide bonds. The van der Waals surface area contributed by atoms with Gasteiger partial charge in [-0.15, -0.1) is 24.0 Å². The lowest BCUT2D eigenvalue weighted by Crippen LogP contribution is -2.49. The third-order valence-electron chi connectivity index (χ3n) is 4.99. The maximum atomic E-state index is 5.40. The van der Waals surface area contributed by atoms with Crippen LogP contribution in [-0.4, -0.2) is 56.8 Å². The van der Waals surface area contributed by atoms with Crippen molar-refractivity contribution in [1.29, 1.82) is 0 Å². The number of nitrogens with zero attached hydrogens (tertiary/aromatic N) is 2. The van der Waals surface area contributed by atoms with Crippen molar-refractivity contribution in [2.24, 2.45) is 4.99 Å². The lowest BCUT2D eigenvalue weighted by molar-refractivity contribution is 0.198. The molecule has 1 saturated heterocycles. The summed E-state index contributed by atoms with van der Waals surface area (Å²) in [4.78, 5) is 7.17. The number of methoxy groups -OCH3 is 1. The predicted octanol–water partition coefficient (Wildman–Crippen LogP) is 3.29. The quantitative estimate of drug-likeness (QED) is 0.234. The second kappa shape index (κ2) is 13.6. The molecule has 6 nitrogen and oxygen atoms in total. The number of nitrogens with one attached hydrogen (secondary N) is 2. The van der Waals surface area contributed by atoms with Gasteiger partial charge in [-0.1, -0.05) is 30.3 Å². The van der Waals surface area contributed by atoms with Gasteiger partial charge in [0.05, 0.1) is 19.4 Å². The van der Waals surface area contributed by atoms with Gasteiger partial charge in [0.1, 0.15) is 5.76 Å². The number of benzene rings is 1. The van der Waals surface area contributed by atoms with Gasteiger partial charge in [-0.25, -0.2) is 0 Å². The van der Waals surface area contributed by atoms with E-state index >= 15 is 0 Å². The summed E-state index contributed by atoms with van der Waals surface area (Å²) in [5.41, 5.74) is 1.38. The molecule has 1 fully saturated rings. The van der Waals surface area contributed by atoms with Gasteiger partial charge in [0.25, 0.3) is 0 Å². The molecule has 0 aliphatic carbocycles. The molecule has 0 unspecified atom stereocenters. The van der Waals surface area contributed by atoms with E-state index in [0.717, 1.165) is 57.2 Å². The van der Waals surface area contributed by atoms with E-state index in [1.807, 2.05) is 12.1 Å². The molecule has 2 heterocycles. The zero-order valence-corrected chi connectivity index (χ0v) is 19.5. The number of furan rings is 1. The molecule has 2 N–H and O–H groups in total. The molecule has 0 radical (unpaired) electrons. The van der Waals surface area contributed by atoms with Crippen LogP contribution in [0, 0.1) is 0 Å². The zero-order chi connectivity index (χ0) is 19.4. The summed E-state index contributed by atoms with van der Waals surface area (Å²) in [6.07, 6.45) is 4.80. The number of guanidine groups is 1. The number of piperidine rings is 1. The Bertz CT molecular complexity index is 686. The summed E-state index contributed by atoms with van der Waals surface area (Å²) < 4.78 is 10.5. The fraction of sp³-hybridized carbons (Fsp3) is 0.500. The Kier molecular flexibility index (Phi) is 11.1. The van der Waals surface area contributed by atoms with Gasteiger partial charge in [-0.2, -0.15) is 0 Å². The van der Waals surface area contributed by atoms with Crippen LogP contribution in [0.15, 0.2) is 58.1 Å². The molecule has 2 aromatic rings. The average Bonchev–Trinajstić information content (AvgIpc) is 3.24. The molecule has 0 saturated carbocycles. The molecule has 7 heteroatoms. The minimum Gasteiger partial charge on any atom is -0.469 e. The highest BCUT2D eigenvalue weighted by atomic mass is 127. The first kappa shape index (κ1) is 23.7. The van der Waals surface area contributed by atoms with Crippen molar-refractivity contribution in [2.45, 2.75) is 31.8 Å². The van der Waals surface area contributed by atoms with E-state index in [1.165, 1.54) is 5.56 Å². The summed E-state index contributed by atoms with van der Waals surface area (Å²) in [6.45, 7) is 5.30. The third kappa shape index (κ3) is 8.76. The molecule has 1 aromatic heterocycles. The smallest absolute Gasteiger partial charge is 0.191 e. The number of aliphatic imine (C=N–C) groups is 1. The maximum absolute atomic E-state index is 5.40. The highest BCUT2D eigenvalue weighted by Gasteiger charge is 2.20. The van der Waals surface area contributed by atoms with E-state index in [-0.39, 0.29) is 24.0 Å². The molecular weight excluding hydrogens is 479 g/mol. The van der Waals surface area contributed by atoms with Crippen molar-refractivity contribution >= 4 is 29.9 Å². The maximum Gasteiger partial charge on any atom is 0.191 e. The zero-order valence-electron chi connectivity index (χ0n) is 17.2. The molecule has 0 spiro atoms. The van der Waals surface area contributed by atoms with Gasteiger partial charge in [0.2, 0.25) is 0 Å². The second-order valence-corrected chi connectivity index (χ2v) is 7.16. The molecule has 1 aliphatic rings. The summed E-state index contributed by atoms with van der Waals surface area (Å²) >= 11 is 0. The van der Waals surface area contributed by atoms with E-state index in [9.17, 15) is 0 Å². The average molecular weight is 512 g/mol. The fourth-order valence-corrected chi connectivity index (χ4v) is 3.43. The Morgan fingerprint density at radius 3 is 2.66 bits per heavy atom. The summed E-state index contributed by atoms with van der Waals surface area (Å²) in [5, 5.41) is 7.03. The SMILES string of the molecule is COCCN=C(NCCc1ccco1)NC1CCN(Cc2ccccc2)CC1.I. The van der Waals surface area contributed by atoms with Gasteiger partial charge >= 0.3 is 0 Å². The standard InChI is InChI=1S/C22H32N4O2.HI/c1-27-17-13-24-22(23-12-9-21-8-5-16-28-21)25-20-10-14-26(15-11-20)18-19-6-3-2-4-7-19;/h2-8,16,20H,9-15,17-18H2,1H3,(H2,23,24,25);1H. The van der Waals surface area contributed by atoms with Crippen LogP contribution < -0.4 is 10.6 Å². The van der Waals surface area contributed by atoms with Crippen molar-refractivity contribution < 1.29 is 9.15 Å². The van der Waals surface area contributed by atoms with Gasteiger partial charge < -0.3 is 19.8 Å². The first-order valence-electron chi connectivity index (χ1n) is 10.2. The molecule has 0 atom stereocenters. The van der Waals surface area contributed by atoms with Crippen LogP contribution in [-0.2, 0) is 17.7 Å². The Labute approximate surface area is 191 Å². The van der Waals surface area contributed by atoms with E-state index in [2.05, 4.69) is 50.9 Å². The number of hydrogen-bond acceptors (Lipinski definition) is 4. The first-order valence-corrected chi connectivity index (χ1v) is 10.2. The van der Waals surface area contributed by atoms with Gasteiger partial charge in [-0.05, 0) is 30.5 Å². The first-order chi connectivity index (χ1) is 13.8. The number of ether oxygens (including phenoxy) is 1. The topological polar surface area (TPSA) is 62.0 Å². The van der Waals surface area contributed by atoms with Gasteiger partial charge in [0.15, 0.2) is 5.96 Å². The van der Waals surface area contributed by atoms with Crippen LogP contribution in [0.5, 0.6) is 0 Å². The Hall–Kier alpha value is -1.58. The molecule has 3 rings (SSSR count). The number of hydrogen-bond donors (Lipinski definition) is 2. The number of likely N-dealkylation sites (tertiary alicyclic amines) is 1. The van der Waals surface area contributed by atoms with E-state index in [1.54, 1.807) is 13.4 Å². The van der Waals surface area contributed by atoms with Crippen LogP contribution in [0.1, 0.15) is 24.2 Å². The van der Waals surface area contributed by atoms with Crippen LogP contribution in [0.2, 0.25) is 0 Å². The van der Waals surface area contributed by atoms with E-state index in [4.69, 9.17) is 9.15 Å². The predicted molar refractivity (Wildman–Crippen MR) is 128 cm³/mol. The van der Waals surface area contributed by atoms with Crippen LogP contribution >= 0.6 is 24.0 Å². The molecule has 29 heavy (non-hydrogen) atoms. The van der Waals surface area contributed by atoms with Crippen LogP contribution in [0.25, 0.3) is 0 Å². The minimum atomic E-state index is 0. The summed E-state index contributed by atoms with van der Waals surface area (Å²) in [5.74, 6) is 1.85. The van der Waals surface area contributed by atoms with Gasteiger partial charge in [-0.3, -0.25) is 9.89 Å². The number of halogens is 1. The summed E-state index contributed by atoms with van der Waals surface area (Å²) in [6, 6.07) is 15.1. The largest absolute Gasteiger partial charge is 0.469 e. The Morgan fingerprint density at radius 2 is 1.97 bits per heavy atom. The van der Waals surface area contributed by atoms with Gasteiger partial charge in [0, 0.05) is 45.8 Å². The van der Waals surface area contributed by atoms with Crippen molar-refractivity contribution in [1.82, 2.24) is 15.5 Å². The molecule has 1 aliphatic heterocycles. The minimum absolute atomic E-state index is 0. The second-order valence-electron chi connectivity index (χ2n) is 7.16. The van der Waals surface area contributed by atoms with Crippen LogP contribution in [0.4, 0.5) is 0 Å². The monoisotopic (exact) mass is 512 g/mol. The van der Waals surface area contributed by atoms with E-state index < -0.39 is 0 Å². The fourth-order valence-electron chi connectivity index (χ4n) is 3.43. The molecule has 160 valence electrons. The normalized spacial score (nSPS) is 15.7. The van der Waals surface area contributed by atoms with E-state index in [0.29, 0.717) is 19.2 Å².